The molecule has 0 heterocycles. The zero-order chi connectivity index (χ0) is 8.97. The Labute approximate surface area is 72.3 Å². The van der Waals surface area contributed by atoms with E-state index in [1.807, 2.05) is 6.92 Å². The summed E-state index contributed by atoms with van der Waals surface area (Å²) in [5.74, 6) is 6.00. The third kappa shape index (κ3) is 2.13. The molecule has 1 unspecified atom stereocenters. The highest BCUT2D eigenvalue weighted by Crippen LogP contribution is 2.23. The predicted octanol–water partition coefficient (Wildman–Crippen LogP) is 1.82. The lowest BCUT2D eigenvalue weighted by Crippen LogP contribution is -1.98. The van der Waals surface area contributed by atoms with Gasteiger partial charge in [-0.2, -0.15) is 0 Å². The molecule has 1 atom stereocenters. The van der Waals surface area contributed by atoms with Crippen LogP contribution in [0.15, 0.2) is 11.8 Å². The molecule has 12 heavy (non-hydrogen) atoms. The Kier molecular flexibility index (Phi) is 2.93. The summed E-state index contributed by atoms with van der Waals surface area (Å²) < 4.78 is 0. The van der Waals surface area contributed by atoms with Gasteiger partial charge in [0.05, 0.1) is 0 Å². The number of carbonyl (C=O) groups is 1. The second-order valence-corrected chi connectivity index (χ2v) is 2.85. The molecule has 0 aromatic rings. The highest BCUT2D eigenvalue weighted by molar-refractivity contribution is 5.93. The second kappa shape index (κ2) is 3.96. The van der Waals surface area contributed by atoms with E-state index in [9.17, 15) is 9.90 Å². The molecule has 0 spiro atoms. The van der Waals surface area contributed by atoms with Gasteiger partial charge in [-0.15, -0.1) is 11.8 Å². The highest BCUT2D eigenvalue weighted by atomic mass is 16.3. The van der Waals surface area contributed by atoms with Gasteiger partial charge >= 0.3 is 0 Å². The predicted molar refractivity (Wildman–Crippen MR) is 46.5 cm³/mol. The minimum absolute atomic E-state index is 0.01000. The minimum Gasteiger partial charge on any atom is -0.512 e. The van der Waals surface area contributed by atoms with E-state index in [1.54, 1.807) is 0 Å². The first-order valence-electron chi connectivity index (χ1n) is 4.13. The first kappa shape index (κ1) is 8.86. The van der Waals surface area contributed by atoms with Crippen LogP contribution in [0.5, 0.6) is 0 Å². The van der Waals surface area contributed by atoms with E-state index in [1.165, 1.54) is 6.08 Å². The van der Waals surface area contributed by atoms with Gasteiger partial charge in [0.25, 0.3) is 0 Å². The number of aliphatic hydroxyl groups excluding tert-OH is 1. The van der Waals surface area contributed by atoms with Crippen molar-refractivity contribution in [1.29, 1.82) is 0 Å². The third-order valence-corrected chi connectivity index (χ3v) is 1.82. The van der Waals surface area contributed by atoms with Gasteiger partial charge in [-0.1, -0.05) is 6.92 Å². The molecule has 0 bridgehead atoms. The Bertz CT molecular complexity index is 265. The molecule has 0 aromatic carbocycles. The molecule has 0 saturated heterocycles. The van der Waals surface area contributed by atoms with Gasteiger partial charge in [-0.05, 0) is 0 Å². The molecule has 1 rings (SSSR count). The Hall–Kier alpha value is -1.23. The van der Waals surface area contributed by atoms with Crippen molar-refractivity contribution >= 4 is 5.78 Å². The molecule has 0 aliphatic heterocycles. The van der Waals surface area contributed by atoms with Crippen LogP contribution in [-0.4, -0.2) is 10.9 Å². The molecule has 0 saturated carbocycles. The van der Waals surface area contributed by atoms with Crippen molar-refractivity contribution in [1.82, 2.24) is 0 Å². The molecule has 2 heteroatoms. The van der Waals surface area contributed by atoms with Crippen LogP contribution >= 0.6 is 0 Å². The fraction of sp³-hybridized carbons (Fsp3) is 0.500. The fourth-order valence-electron chi connectivity index (χ4n) is 1.19. The van der Waals surface area contributed by atoms with Gasteiger partial charge in [-0.25, -0.2) is 0 Å². The van der Waals surface area contributed by atoms with Crippen molar-refractivity contribution < 1.29 is 9.90 Å². The topological polar surface area (TPSA) is 37.3 Å². The number of allylic oxidation sites excluding steroid dienone is 2. The van der Waals surface area contributed by atoms with Crippen LogP contribution < -0.4 is 0 Å². The first-order chi connectivity index (χ1) is 5.74. The zero-order valence-electron chi connectivity index (χ0n) is 7.13. The summed E-state index contributed by atoms with van der Waals surface area (Å²) in [6.45, 7) is 1.97. The largest absolute Gasteiger partial charge is 0.512 e. The average Bonchev–Trinajstić information content (AvgIpc) is 2.31. The number of hydrogen-bond donors (Lipinski definition) is 1. The number of hydrogen-bond acceptors (Lipinski definition) is 2. The first-order valence-corrected chi connectivity index (χ1v) is 4.13. The van der Waals surface area contributed by atoms with Crippen molar-refractivity contribution in [2.24, 2.45) is 5.92 Å². The fourth-order valence-corrected chi connectivity index (χ4v) is 1.19. The summed E-state index contributed by atoms with van der Waals surface area (Å²) in [6.07, 6.45) is 3.15. The molecular formula is C10H12O2. The number of aliphatic hydroxyl groups is 1. The van der Waals surface area contributed by atoms with Crippen molar-refractivity contribution in [3.05, 3.63) is 11.8 Å². The molecule has 0 radical (unpaired) electrons. The monoisotopic (exact) mass is 164 g/mol. The standard InChI is InChI=1S/C10H12O2/c1-2-3-4-5-8-6-9(11)7-10(8)12/h7-8,12H,2,5-6H2,1H3. The van der Waals surface area contributed by atoms with Crippen LogP contribution in [0, 0.1) is 17.8 Å². The lowest BCUT2D eigenvalue weighted by Gasteiger charge is -2.02. The van der Waals surface area contributed by atoms with Crippen molar-refractivity contribution in [3.63, 3.8) is 0 Å². The van der Waals surface area contributed by atoms with Crippen LogP contribution in [0.3, 0.4) is 0 Å². The maximum atomic E-state index is 10.8. The molecular weight excluding hydrogens is 152 g/mol. The smallest absolute Gasteiger partial charge is 0.159 e. The van der Waals surface area contributed by atoms with E-state index in [0.717, 1.165) is 6.42 Å². The van der Waals surface area contributed by atoms with Gasteiger partial charge in [0.15, 0.2) is 5.78 Å². The Balaban J connectivity index is 2.46. The van der Waals surface area contributed by atoms with Gasteiger partial charge in [0.2, 0.25) is 0 Å². The van der Waals surface area contributed by atoms with E-state index in [4.69, 9.17) is 0 Å². The van der Waals surface area contributed by atoms with Crippen molar-refractivity contribution in [3.8, 4) is 11.8 Å². The van der Waals surface area contributed by atoms with Crippen LogP contribution in [-0.2, 0) is 4.79 Å². The van der Waals surface area contributed by atoms with Gasteiger partial charge in [0.1, 0.15) is 5.76 Å². The number of carbonyl (C=O) groups excluding carboxylic acids is 1. The minimum atomic E-state index is -0.0449. The average molecular weight is 164 g/mol. The Morgan fingerprint density at radius 3 is 2.92 bits per heavy atom. The quantitative estimate of drug-likeness (QED) is 0.600. The molecule has 1 aliphatic rings. The van der Waals surface area contributed by atoms with E-state index in [0.29, 0.717) is 12.8 Å². The lowest BCUT2D eigenvalue weighted by atomic mass is 10.0. The molecule has 0 amide bonds. The van der Waals surface area contributed by atoms with Gasteiger partial charge < -0.3 is 5.11 Å². The number of rotatable bonds is 1. The van der Waals surface area contributed by atoms with Crippen LogP contribution in [0.2, 0.25) is 0 Å². The van der Waals surface area contributed by atoms with Crippen LogP contribution in [0.25, 0.3) is 0 Å². The maximum absolute atomic E-state index is 10.8. The van der Waals surface area contributed by atoms with E-state index in [2.05, 4.69) is 11.8 Å². The number of ketones is 1. The van der Waals surface area contributed by atoms with Crippen LogP contribution in [0.4, 0.5) is 0 Å². The molecule has 0 fully saturated rings. The molecule has 64 valence electrons. The highest BCUT2D eigenvalue weighted by Gasteiger charge is 2.23. The van der Waals surface area contributed by atoms with Gasteiger partial charge in [-0.3, -0.25) is 4.79 Å². The molecule has 0 aromatic heterocycles. The SMILES string of the molecule is CCC#CCC1CC(=O)C=C1O. The van der Waals surface area contributed by atoms with E-state index in [-0.39, 0.29) is 17.5 Å². The van der Waals surface area contributed by atoms with Crippen molar-refractivity contribution in [2.45, 2.75) is 26.2 Å². The molecule has 1 aliphatic carbocycles. The van der Waals surface area contributed by atoms with E-state index < -0.39 is 0 Å². The summed E-state index contributed by atoms with van der Waals surface area (Å²) in [6, 6.07) is 0. The maximum Gasteiger partial charge on any atom is 0.159 e. The molecule has 1 N–H and O–H groups in total. The van der Waals surface area contributed by atoms with Crippen molar-refractivity contribution in [2.75, 3.05) is 0 Å². The lowest BCUT2D eigenvalue weighted by molar-refractivity contribution is -0.114. The Morgan fingerprint density at radius 1 is 1.67 bits per heavy atom. The normalized spacial score (nSPS) is 21.6. The summed E-state index contributed by atoms with van der Waals surface area (Å²) in [5, 5.41) is 9.23. The Morgan fingerprint density at radius 2 is 2.42 bits per heavy atom. The van der Waals surface area contributed by atoms with E-state index >= 15 is 0 Å². The van der Waals surface area contributed by atoms with Crippen LogP contribution in [0.1, 0.15) is 26.2 Å². The second-order valence-electron chi connectivity index (χ2n) is 2.85. The summed E-state index contributed by atoms with van der Waals surface area (Å²) in [7, 11) is 0. The third-order valence-electron chi connectivity index (χ3n) is 1.82. The molecule has 2 nitrogen and oxygen atoms in total. The summed E-state index contributed by atoms with van der Waals surface area (Å²) >= 11 is 0. The summed E-state index contributed by atoms with van der Waals surface area (Å²) in [5.41, 5.74) is 0. The summed E-state index contributed by atoms with van der Waals surface area (Å²) in [4.78, 5) is 10.8. The van der Waals surface area contributed by atoms with Gasteiger partial charge in [0, 0.05) is 31.3 Å². The zero-order valence-corrected chi connectivity index (χ0v) is 7.13.